The number of benzene rings is 1. The van der Waals surface area contributed by atoms with Gasteiger partial charge in [0.15, 0.2) is 0 Å². The van der Waals surface area contributed by atoms with Crippen LogP contribution in [0.2, 0.25) is 0 Å². The van der Waals surface area contributed by atoms with Gasteiger partial charge in [-0.1, -0.05) is 0 Å². The van der Waals surface area contributed by atoms with E-state index in [1.54, 1.807) is 32.0 Å². The molecule has 6 nitrogen and oxygen atoms in total. The highest BCUT2D eigenvalue weighted by molar-refractivity contribution is 7.18. The topological polar surface area (TPSA) is 81.7 Å². The Morgan fingerprint density at radius 2 is 1.96 bits per heavy atom. The number of hydrogen-bond donors (Lipinski definition) is 1. The summed E-state index contributed by atoms with van der Waals surface area (Å²) in [5, 5.41) is 3.33. The summed E-state index contributed by atoms with van der Waals surface area (Å²) in [6.45, 7) is 7.54. The summed E-state index contributed by atoms with van der Waals surface area (Å²) in [5.41, 5.74) is 1.41. The van der Waals surface area contributed by atoms with Crippen LogP contribution in [0.15, 0.2) is 24.3 Å². The molecule has 1 heterocycles. The number of nitrogens with one attached hydrogen (secondary N) is 1. The number of thiophene rings is 1. The number of amides is 1. The zero-order valence-electron chi connectivity index (χ0n) is 15.1. The van der Waals surface area contributed by atoms with Crippen LogP contribution in [-0.4, -0.2) is 30.9 Å². The number of hydrogen-bond acceptors (Lipinski definition) is 6. The van der Waals surface area contributed by atoms with Gasteiger partial charge >= 0.3 is 5.97 Å². The molecule has 2 rings (SSSR count). The molecule has 7 heteroatoms. The zero-order chi connectivity index (χ0) is 19.3. The summed E-state index contributed by atoms with van der Waals surface area (Å²) in [5.74, 6) is -0.357. The van der Waals surface area contributed by atoms with Crippen LogP contribution < -0.4 is 10.1 Å². The summed E-state index contributed by atoms with van der Waals surface area (Å²) in [7, 11) is 0. The summed E-state index contributed by atoms with van der Waals surface area (Å²) >= 11 is 1.15. The van der Waals surface area contributed by atoms with Crippen LogP contribution in [0.3, 0.4) is 0 Å². The smallest absolute Gasteiger partial charge is 0.348 e. The van der Waals surface area contributed by atoms with Gasteiger partial charge in [0, 0.05) is 11.1 Å². The molecule has 0 saturated heterocycles. The Labute approximate surface area is 156 Å². The van der Waals surface area contributed by atoms with Gasteiger partial charge in [-0.25, -0.2) is 4.79 Å². The Morgan fingerprint density at radius 1 is 1.23 bits per heavy atom. The monoisotopic (exact) mass is 375 g/mol. The molecule has 1 N–H and O–H groups in total. The molecule has 0 saturated carbocycles. The van der Waals surface area contributed by atoms with E-state index in [4.69, 9.17) is 9.47 Å². The molecule has 0 radical (unpaired) electrons. The van der Waals surface area contributed by atoms with Crippen LogP contribution in [-0.2, 0) is 4.74 Å². The van der Waals surface area contributed by atoms with Gasteiger partial charge in [-0.2, -0.15) is 0 Å². The first kappa shape index (κ1) is 19.7. The van der Waals surface area contributed by atoms with E-state index in [0.717, 1.165) is 16.9 Å². The van der Waals surface area contributed by atoms with Crippen molar-refractivity contribution < 1.29 is 23.9 Å². The number of aldehydes is 1. The zero-order valence-corrected chi connectivity index (χ0v) is 15.9. The average Bonchev–Trinajstić information content (AvgIpc) is 2.95. The molecule has 0 aliphatic carbocycles. The molecule has 0 fully saturated rings. The minimum atomic E-state index is -0.420. The van der Waals surface area contributed by atoms with Crippen molar-refractivity contribution >= 4 is 34.5 Å². The van der Waals surface area contributed by atoms with Gasteiger partial charge in [0.1, 0.15) is 16.9 Å². The molecule has 26 heavy (non-hydrogen) atoms. The molecule has 0 atom stereocenters. The highest BCUT2D eigenvalue weighted by Crippen LogP contribution is 2.29. The van der Waals surface area contributed by atoms with Crippen LogP contribution in [0.1, 0.15) is 56.7 Å². The summed E-state index contributed by atoms with van der Waals surface area (Å²) in [6, 6.07) is 6.33. The average molecular weight is 375 g/mol. The maximum Gasteiger partial charge on any atom is 0.348 e. The second kappa shape index (κ2) is 8.62. The molecular weight excluding hydrogens is 354 g/mol. The highest BCUT2D eigenvalue weighted by Gasteiger charge is 2.17. The minimum Gasteiger partial charge on any atom is -0.491 e. The first-order valence-electron chi connectivity index (χ1n) is 8.19. The Hall–Kier alpha value is -2.67. The van der Waals surface area contributed by atoms with Gasteiger partial charge in [0.05, 0.1) is 17.7 Å². The molecule has 138 valence electrons. The molecule has 1 amide bonds. The first-order valence-corrected chi connectivity index (χ1v) is 9.01. The number of carbonyl (C=O) groups is 3. The second-order valence-electron chi connectivity index (χ2n) is 5.87. The fourth-order valence-electron chi connectivity index (χ4n) is 2.25. The Balaban J connectivity index is 2.24. The van der Waals surface area contributed by atoms with Crippen molar-refractivity contribution in [1.82, 2.24) is 0 Å². The first-order chi connectivity index (χ1) is 12.3. The van der Waals surface area contributed by atoms with Crippen LogP contribution >= 0.6 is 11.3 Å². The van der Waals surface area contributed by atoms with Crippen LogP contribution in [0.4, 0.5) is 5.00 Å². The van der Waals surface area contributed by atoms with Crippen LogP contribution in [0.25, 0.3) is 0 Å². The lowest BCUT2D eigenvalue weighted by molar-refractivity contribution is 0.0531. The van der Waals surface area contributed by atoms with Gasteiger partial charge in [0.25, 0.3) is 5.91 Å². The lowest BCUT2D eigenvalue weighted by Gasteiger charge is -2.12. The Morgan fingerprint density at radius 3 is 2.58 bits per heavy atom. The van der Waals surface area contributed by atoms with Gasteiger partial charge < -0.3 is 14.8 Å². The number of esters is 1. The van der Waals surface area contributed by atoms with Gasteiger partial charge in [-0.3, -0.25) is 9.59 Å². The predicted octanol–water partition coefficient (Wildman–Crippen LogP) is 4.09. The largest absolute Gasteiger partial charge is 0.491 e. The minimum absolute atomic E-state index is 0.0838. The quantitative estimate of drug-likeness (QED) is 0.582. The van der Waals surface area contributed by atoms with E-state index in [9.17, 15) is 14.4 Å². The van der Waals surface area contributed by atoms with Crippen molar-refractivity contribution in [2.45, 2.75) is 33.8 Å². The maximum absolute atomic E-state index is 12.6. The van der Waals surface area contributed by atoms with E-state index in [1.807, 2.05) is 13.8 Å². The van der Waals surface area contributed by atoms with E-state index in [1.165, 1.54) is 6.07 Å². The number of anilines is 1. The molecule has 0 spiro atoms. The highest BCUT2D eigenvalue weighted by atomic mass is 32.1. The molecule has 0 aliphatic heterocycles. The lowest BCUT2D eigenvalue weighted by Crippen LogP contribution is -2.13. The number of rotatable bonds is 7. The normalized spacial score (nSPS) is 10.5. The van der Waals surface area contributed by atoms with E-state index in [0.29, 0.717) is 33.0 Å². The summed E-state index contributed by atoms with van der Waals surface area (Å²) in [6.07, 6.45) is 0.582. The third kappa shape index (κ3) is 4.92. The number of carbonyl (C=O) groups excluding carboxylic acids is 3. The fraction of sp³-hybridized carbons (Fsp3) is 0.316. The maximum atomic E-state index is 12.6. The van der Waals surface area contributed by atoms with Crippen molar-refractivity contribution in [3.05, 3.63) is 45.8 Å². The van der Waals surface area contributed by atoms with E-state index >= 15 is 0 Å². The fourth-order valence-corrected chi connectivity index (χ4v) is 3.21. The molecule has 1 aromatic heterocycles. The van der Waals surface area contributed by atoms with Gasteiger partial charge in [-0.15, -0.1) is 11.3 Å². The SMILES string of the molecule is CCOC(=O)c1cc(C)c(NC(=O)c2cc(C=O)cc(OC(C)C)c2)s1. The van der Waals surface area contributed by atoms with Crippen molar-refractivity contribution in [1.29, 1.82) is 0 Å². The number of ether oxygens (including phenoxy) is 2. The Bertz CT molecular complexity index is 825. The predicted molar refractivity (Wildman–Crippen MR) is 101 cm³/mol. The lowest BCUT2D eigenvalue weighted by atomic mass is 10.1. The van der Waals surface area contributed by atoms with E-state index < -0.39 is 5.97 Å². The van der Waals surface area contributed by atoms with Crippen molar-refractivity contribution in [2.75, 3.05) is 11.9 Å². The molecule has 0 bridgehead atoms. The third-order valence-electron chi connectivity index (χ3n) is 3.32. The molecule has 2 aromatic rings. The van der Waals surface area contributed by atoms with Crippen molar-refractivity contribution in [2.24, 2.45) is 0 Å². The third-order valence-corrected chi connectivity index (χ3v) is 4.45. The van der Waals surface area contributed by atoms with Crippen LogP contribution in [0.5, 0.6) is 5.75 Å². The Kier molecular flexibility index (Phi) is 6.52. The molecular formula is C19H21NO5S. The number of aryl methyl sites for hydroxylation is 1. The van der Waals surface area contributed by atoms with Gasteiger partial charge in [-0.05, 0) is 57.5 Å². The van der Waals surface area contributed by atoms with Crippen molar-refractivity contribution in [3.8, 4) is 5.75 Å². The molecule has 1 aromatic carbocycles. The summed E-state index contributed by atoms with van der Waals surface area (Å²) in [4.78, 5) is 36.0. The molecule has 0 aliphatic rings. The van der Waals surface area contributed by atoms with Gasteiger partial charge in [0.2, 0.25) is 0 Å². The molecule has 0 unspecified atom stereocenters. The van der Waals surface area contributed by atoms with E-state index in [-0.39, 0.29) is 18.6 Å². The van der Waals surface area contributed by atoms with Crippen molar-refractivity contribution in [3.63, 3.8) is 0 Å². The standard InChI is InChI=1S/C19H21NO5S/c1-5-24-19(23)16-6-12(4)18(26-16)20-17(22)14-7-13(10-21)8-15(9-14)25-11(2)3/h6-11H,5H2,1-4H3,(H,20,22). The van der Waals surface area contributed by atoms with Crippen LogP contribution in [0, 0.1) is 6.92 Å². The summed E-state index contributed by atoms with van der Waals surface area (Å²) < 4.78 is 10.6. The van der Waals surface area contributed by atoms with E-state index in [2.05, 4.69) is 5.32 Å². The second-order valence-corrected chi connectivity index (χ2v) is 6.92.